The van der Waals surface area contributed by atoms with Crippen LogP contribution in [0.15, 0.2) is 0 Å². The van der Waals surface area contributed by atoms with Crippen LogP contribution in [-0.4, -0.2) is 85.0 Å². The minimum absolute atomic E-state index is 0.0417. The van der Waals surface area contributed by atoms with E-state index in [1.807, 2.05) is 0 Å². The van der Waals surface area contributed by atoms with E-state index >= 15 is 0 Å². The van der Waals surface area contributed by atoms with E-state index in [1.54, 1.807) is 0 Å². The maximum absolute atomic E-state index is 8.26. The van der Waals surface area contributed by atoms with Gasteiger partial charge in [0.25, 0.3) is 0 Å². The Morgan fingerprint density at radius 3 is 1.12 bits per heavy atom. The molecule has 0 fully saturated rings. The molecule has 0 aliphatic rings. The molecule has 0 aliphatic heterocycles. The summed E-state index contributed by atoms with van der Waals surface area (Å²) in [6.45, 7) is 1.29. The molecule has 0 spiro atoms. The fraction of sp³-hybridized carbons (Fsp3) is 1.00. The molecule has 7 nitrogen and oxygen atoms in total. The van der Waals surface area contributed by atoms with Gasteiger partial charge in [-0.25, -0.2) is 0 Å². The highest BCUT2D eigenvalue weighted by Gasteiger charge is 2.00. The van der Waals surface area contributed by atoms with Crippen LogP contribution in [0.4, 0.5) is 0 Å². The maximum atomic E-state index is 8.26. The largest absolute Gasteiger partial charge is 0.396 e. The molecule has 17 heavy (non-hydrogen) atoms. The minimum Gasteiger partial charge on any atom is -0.396 e. The highest BCUT2D eigenvalue weighted by molar-refractivity contribution is 4.49. The lowest BCUT2D eigenvalue weighted by Crippen LogP contribution is -2.14. The highest BCUT2D eigenvalue weighted by atomic mass is 16.5. The van der Waals surface area contributed by atoms with E-state index in [1.165, 1.54) is 0 Å². The fourth-order valence-corrected chi connectivity index (χ4v) is 0.624. The van der Waals surface area contributed by atoms with Crippen molar-refractivity contribution < 1.29 is 35.0 Å². The summed E-state index contributed by atoms with van der Waals surface area (Å²) in [6.07, 6.45) is 0. The van der Waals surface area contributed by atoms with Gasteiger partial charge < -0.3 is 35.0 Å². The SMILES string of the molecule is OCC(CO)CO.OCCOCCOCCO. The monoisotopic (exact) mass is 256 g/mol. The van der Waals surface area contributed by atoms with Crippen LogP contribution in [0.5, 0.6) is 0 Å². The lowest BCUT2D eigenvalue weighted by Gasteiger charge is -2.02. The van der Waals surface area contributed by atoms with Gasteiger partial charge in [0, 0.05) is 5.92 Å². The van der Waals surface area contributed by atoms with E-state index in [9.17, 15) is 0 Å². The number of hydrogen-bond donors (Lipinski definition) is 5. The van der Waals surface area contributed by atoms with Crippen LogP contribution in [0.1, 0.15) is 0 Å². The van der Waals surface area contributed by atoms with Crippen LogP contribution in [0.25, 0.3) is 0 Å². The van der Waals surface area contributed by atoms with Gasteiger partial charge in [-0.3, -0.25) is 0 Å². The van der Waals surface area contributed by atoms with E-state index in [0.717, 1.165) is 0 Å². The molecule has 0 saturated carbocycles. The molecule has 0 rings (SSSR count). The molecule has 0 atom stereocenters. The van der Waals surface area contributed by atoms with Gasteiger partial charge in [-0.1, -0.05) is 0 Å². The number of aliphatic hydroxyl groups excluding tert-OH is 5. The van der Waals surface area contributed by atoms with Gasteiger partial charge in [0.05, 0.1) is 59.5 Å². The van der Waals surface area contributed by atoms with Crippen molar-refractivity contribution in [3.8, 4) is 0 Å². The number of aliphatic hydroxyl groups is 5. The normalized spacial score (nSPS) is 10.2. The van der Waals surface area contributed by atoms with Crippen molar-refractivity contribution in [1.82, 2.24) is 0 Å². The van der Waals surface area contributed by atoms with Gasteiger partial charge in [0.15, 0.2) is 0 Å². The molecule has 106 valence electrons. The van der Waals surface area contributed by atoms with Crippen LogP contribution in [0, 0.1) is 5.92 Å². The second-order valence-corrected chi connectivity index (χ2v) is 3.09. The zero-order valence-electron chi connectivity index (χ0n) is 9.99. The van der Waals surface area contributed by atoms with Gasteiger partial charge >= 0.3 is 0 Å². The van der Waals surface area contributed by atoms with Crippen LogP contribution in [-0.2, 0) is 9.47 Å². The van der Waals surface area contributed by atoms with Crippen molar-refractivity contribution >= 4 is 0 Å². The standard InChI is InChI=1S/C6H14O4.C4H10O3/c7-1-3-9-5-6-10-4-2-8;5-1-4(2-6)3-7/h7-8H,1-6H2;4-7H,1-3H2. The van der Waals surface area contributed by atoms with Crippen molar-refractivity contribution in [2.45, 2.75) is 0 Å². The molecule has 0 heterocycles. The molecule has 0 bridgehead atoms. The molecule has 0 unspecified atom stereocenters. The Morgan fingerprint density at radius 1 is 0.588 bits per heavy atom. The first-order chi connectivity index (χ1) is 8.26. The Hall–Kier alpha value is -0.280. The quantitative estimate of drug-likeness (QED) is 0.276. The van der Waals surface area contributed by atoms with Gasteiger partial charge in [-0.05, 0) is 0 Å². The summed E-state index contributed by atoms with van der Waals surface area (Å²) in [5, 5.41) is 41.1. The van der Waals surface area contributed by atoms with E-state index in [4.69, 9.17) is 35.0 Å². The summed E-state index contributed by atoms with van der Waals surface area (Å²) in [5.41, 5.74) is 0. The zero-order chi connectivity index (χ0) is 13.4. The molecule has 5 N–H and O–H groups in total. The maximum Gasteiger partial charge on any atom is 0.0701 e. The third-order valence-corrected chi connectivity index (χ3v) is 1.62. The third kappa shape index (κ3) is 18.3. The molecule has 0 aromatic heterocycles. The second kappa shape index (κ2) is 18.1. The Balaban J connectivity index is 0. The predicted octanol–water partition coefficient (Wildman–Crippen LogP) is -2.42. The van der Waals surface area contributed by atoms with Gasteiger partial charge in [0.2, 0.25) is 0 Å². The Kier molecular flexibility index (Phi) is 20.3. The smallest absolute Gasteiger partial charge is 0.0701 e. The van der Waals surface area contributed by atoms with Gasteiger partial charge in [0.1, 0.15) is 0 Å². The molecule has 0 aliphatic carbocycles. The molecular weight excluding hydrogens is 232 g/mol. The first kappa shape index (κ1) is 19.1. The second-order valence-electron chi connectivity index (χ2n) is 3.09. The van der Waals surface area contributed by atoms with Crippen molar-refractivity contribution in [1.29, 1.82) is 0 Å². The fourth-order valence-electron chi connectivity index (χ4n) is 0.624. The van der Waals surface area contributed by atoms with Crippen LogP contribution >= 0.6 is 0 Å². The van der Waals surface area contributed by atoms with Gasteiger partial charge in [-0.15, -0.1) is 0 Å². The molecule has 0 aromatic rings. The zero-order valence-corrected chi connectivity index (χ0v) is 9.99. The average Bonchev–Trinajstić information content (AvgIpc) is 2.37. The molecule has 7 heteroatoms. The van der Waals surface area contributed by atoms with E-state index in [-0.39, 0.29) is 39.0 Å². The third-order valence-electron chi connectivity index (χ3n) is 1.62. The topological polar surface area (TPSA) is 120 Å². The van der Waals surface area contributed by atoms with E-state index < -0.39 is 0 Å². The minimum atomic E-state index is -0.347. The number of ether oxygens (including phenoxy) is 2. The molecule has 0 radical (unpaired) electrons. The highest BCUT2D eigenvalue weighted by Crippen LogP contribution is 1.87. The van der Waals surface area contributed by atoms with Crippen molar-refractivity contribution in [2.75, 3.05) is 59.5 Å². The summed E-state index contributed by atoms with van der Waals surface area (Å²) >= 11 is 0. The Morgan fingerprint density at radius 2 is 0.941 bits per heavy atom. The Bertz CT molecular complexity index is 106. The van der Waals surface area contributed by atoms with Gasteiger partial charge in [-0.2, -0.15) is 0 Å². The summed E-state index contributed by atoms with van der Waals surface area (Å²) in [6, 6.07) is 0. The molecular formula is C10H24O7. The first-order valence-corrected chi connectivity index (χ1v) is 5.46. The summed E-state index contributed by atoms with van der Waals surface area (Å²) in [7, 11) is 0. The van der Waals surface area contributed by atoms with Crippen LogP contribution < -0.4 is 0 Å². The molecule has 0 aromatic carbocycles. The van der Waals surface area contributed by atoms with E-state index in [0.29, 0.717) is 26.4 Å². The van der Waals surface area contributed by atoms with Crippen molar-refractivity contribution in [3.63, 3.8) is 0 Å². The van der Waals surface area contributed by atoms with Crippen LogP contribution in [0.2, 0.25) is 0 Å². The molecule has 0 saturated heterocycles. The van der Waals surface area contributed by atoms with Crippen LogP contribution in [0.3, 0.4) is 0 Å². The van der Waals surface area contributed by atoms with Crippen molar-refractivity contribution in [2.24, 2.45) is 5.92 Å². The average molecular weight is 256 g/mol. The lowest BCUT2D eigenvalue weighted by molar-refractivity contribution is 0.0222. The first-order valence-electron chi connectivity index (χ1n) is 5.46. The summed E-state index contributed by atoms with van der Waals surface area (Å²) in [4.78, 5) is 0. The summed E-state index contributed by atoms with van der Waals surface area (Å²) in [5.74, 6) is -0.347. The van der Waals surface area contributed by atoms with Crippen molar-refractivity contribution in [3.05, 3.63) is 0 Å². The predicted molar refractivity (Wildman–Crippen MR) is 60.6 cm³/mol. The lowest BCUT2D eigenvalue weighted by atomic mass is 10.2. The summed E-state index contributed by atoms with van der Waals surface area (Å²) < 4.78 is 9.75. The molecule has 0 amide bonds. The number of rotatable bonds is 10. The Labute approximate surface area is 101 Å². The van der Waals surface area contributed by atoms with E-state index in [2.05, 4.69) is 0 Å². The number of hydrogen-bond acceptors (Lipinski definition) is 7.